The summed E-state index contributed by atoms with van der Waals surface area (Å²) in [4.78, 5) is 4.66. The quantitative estimate of drug-likeness (QED) is 0.143. The third-order valence-electron chi connectivity index (χ3n) is 9.37. The lowest BCUT2D eigenvalue weighted by molar-refractivity contribution is 0.469. The molecular weight excluding hydrogens is 530 g/mol. The summed E-state index contributed by atoms with van der Waals surface area (Å²) < 4.78 is 0. The highest BCUT2D eigenvalue weighted by atomic mass is 14.7. The number of nitrogens with zero attached hydrogens (tertiary/aromatic N) is 1. The van der Waals surface area contributed by atoms with Crippen LogP contribution < -0.4 is 0 Å². The largest absolute Gasteiger partial charge is 0.256 e. The fourth-order valence-electron chi connectivity index (χ4n) is 7.10. The predicted octanol–water partition coefficient (Wildman–Crippen LogP) is 11.9. The molecule has 0 fully saturated rings. The fraction of sp³-hybridized carbons (Fsp3) is 0.233. The van der Waals surface area contributed by atoms with Gasteiger partial charge < -0.3 is 0 Å². The van der Waals surface area contributed by atoms with Crippen molar-refractivity contribution < 1.29 is 0 Å². The van der Waals surface area contributed by atoms with E-state index in [0.717, 1.165) is 30.5 Å². The lowest BCUT2D eigenvalue weighted by Gasteiger charge is -2.35. The maximum Gasteiger partial charge on any atom is 0.0708 e. The summed E-state index contributed by atoms with van der Waals surface area (Å²) in [5, 5.41) is 2.56. The molecule has 0 saturated heterocycles. The molecule has 2 unspecified atom stereocenters. The van der Waals surface area contributed by atoms with E-state index >= 15 is 0 Å². The van der Waals surface area contributed by atoms with Gasteiger partial charge in [0.1, 0.15) is 0 Å². The summed E-state index contributed by atoms with van der Waals surface area (Å²) in [5.74, 6) is 0.700. The smallest absolute Gasteiger partial charge is 0.0708 e. The number of allylic oxidation sites excluding steroid dienone is 4. The van der Waals surface area contributed by atoms with E-state index in [4.69, 9.17) is 0 Å². The third-order valence-corrected chi connectivity index (χ3v) is 9.37. The van der Waals surface area contributed by atoms with Crippen molar-refractivity contribution in [3.63, 3.8) is 0 Å². The Hall–Kier alpha value is -4.49. The molecule has 1 heteroatoms. The number of aromatic nitrogens is 1. The maximum absolute atomic E-state index is 4.66. The minimum absolute atomic E-state index is 0.324. The summed E-state index contributed by atoms with van der Waals surface area (Å²) in [7, 11) is 0. The number of fused-ring (bicyclic) bond motifs is 1. The summed E-state index contributed by atoms with van der Waals surface area (Å²) in [6.07, 6.45) is 12.0. The van der Waals surface area contributed by atoms with E-state index in [9.17, 15) is 0 Å². The molecule has 6 rings (SSSR count). The lowest BCUT2D eigenvalue weighted by atomic mass is 9.70. The van der Waals surface area contributed by atoms with Gasteiger partial charge in [-0.1, -0.05) is 120 Å². The Kier molecular flexibility index (Phi) is 9.32. The first-order chi connectivity index (χ1) is 21.6. The van der Waals surface area contributed by atoms with Gasteiger partial charge in [-0.05, 0) is 109 Å². The van der Waals surface area contributed by atoms with Crippen LogP contribution in [0.15, 0.2) is 151 Å². The van der Waals surface area contributed by atoms with Gasteiger partial charge in [0, 0.05) is 17.7 Å². The maximum atomic E-state index is 4.66. The van der Waals surface area contributed by atoms with Crippen molar-refractivity contribution >= 4 is 10.8 Å². The number of benzene rings is 4. The molecule has 0 saturated carbocycles. The third kappa shape index (κ3) is 6.68. The zero-order chi connectivity index (χ0) is 30.3. The Balaban J connectivity index is 1.44. The second-order valence-electron chi connectivity index (χ2n) is 12.4. The van der Waals surface area contributed by atoms with Crippen LogP contribution in [0.25, 0.3) is 33.2 Å². The average Bonchev–Trinajstić information content (AvgIpc) is 3.07. The highest BCUT2D eigenvalue weighted by molar-refractivity contribution is 5.88. The van der Waals surface area contributed by atoms with Crippen LogP contribution in [0.2, 0.25) is 0 Å². The van der Waals surface area contributed by atoms with Gasteiger partial charge in [0.2, 0.25) is 0 Å². The predicted molar refractivity (Wildman–Crippen MR) is 189 cm³/mol. The Morgan fingerprint density at radius 3 is 2.27 bits per heavy atom. The molecule has 2 atom stereocenters. The molecular formula is C43H43N. The van der Waals surface area contributed by atoms with Gasteiger partial charge in [-0.2, -0.15) is 0 Å². The van der Waals surface area contributed by atoms with E-state index in [1.54, 1.807) is 11.1 Å². The van der Waals surface area contributed by atoms with Crippen molar-refractivity contribution in [3.8, 4) is 22.4 Å². The van der Waals surface area contributed by atoms with Crippen molar-refractivity contribution in [3.05, 3.63) is 162 Å². The molecule has 1 aliphatic carbocycles. The van der Waals surface area contributed by atoms with Crippen LogP contribution in [0.4, 0.5) is 0 Å². The SMILES string of the molecule is C=CCCC(C(=C)C)C(C1=C(Cc2ccccc2)CCCC1)c1ccc2ccc(-c3ccnc(-c4ccccc4)c3)cc2c1. The van der Waals surface area contributed by atoms with E-state index in [1.165, 1.54) is 64.3 Å². The van der Waals surface area contributed by atoms with Crippen molar-refractivity contribution in [1.82, 2.24) is 4.98 Å². The number of rotatable bonds is 11. The highest BCUT2D eigenvalue weighted by Crippen LogP contribution is 2.45. The molecule has 44 heavy (non-hydrogen) atoms. The summed E-state index contributed by atoms with van der Waals surface area (Å²) >= 11 is 0. The number of hydrogen-bond acceptors (Lipinski definition) is 1. The van der Waals surface area contributed by atoms with E-state index in [-0.39, 0.29) is 0 Å². The zero-order valence-electron chi connectivity index (χ0n) is 26.0. The molecule has 0 N–H and O–H groups in total. The van der Waals surface area contributed by atoms with E-state index < -0.39 is 0 Å². The molecule has 1 aromatic heterocycles. The van der Waals surface area contributed by atoms with Crippen molar-refractivity contribution in [2.45, 2.75) is 57.8 Å². The van der Waals surface area contributed by atoms with Gasteiger partial charge in [0.15, 0.2) is 0 Å². The van der Waals surface area contributed by atoms with Gasteiger partial charge in [0.05, 0.1) is 5.69 Å². The first-order valence-corrected chi connectivity index (χ1v) is 16.2. The van der Waals surface area contributed by atoms with Crippen LogP contribution in [0.1, 0.15) is 62.5 Å². The second-order valence-corrected chi connectivity index (χ2v) is 12.4. The monoisotopic (exact) mass is 573 g/mol. The lowest BCUT2D eigenvalue weighted by Crippen LogP contribution is -2.20. The van der Waals surface area contributed by atoms with Crippen molar-refractivity contribution in [2.24, 2.45) is 5.92 Å². The van der Waals surface area contributed by atoms with E-state index in [2.05, 4.69) is 134 Å². The number of hydrogen-bond donors (Lipinski definition) is 0. The Labute approximate surface area is 263 Å². The van der Waals surface area contributed by atoms with Crippen LogP contribution in [0, 0.1) is 5.92 Å². The van der Waals surface area contributed by atoms with Crippen LogP contribution in [-0.4, -0.2) is 4.98 Å². The molecule has 220 valence electrons. The van der Waals surface area contributed by atoms with Crippen LogP contribution in [0.5, 0.6) is 0 Å². The molecule has 0 bridgehead atoms. The van der Waals surface area contributed by atoms with Gasteiger partial charge in [-0.25, -0.2) is 0 Å². The van der Waals surface area contributed by atoms with Gasteiger partial charge in [0.25, 0.3) is 0 Å². The molecule has 5 aromatic rings. The minimum atomic E-state index is 0.324. The average molecular weight is 574 g/mol. The van der Waals surface area contributed by atoms with Gasteiger partial charge in [-0.3, -0.25) is 4.98 Å². The van der Waals surface area contributed by atoms with Crippen LogP contribution in [0.3, 0.4) is 0 Å². The summed E-state index contributed by atoms with van der Waals surface area (Å²) in [6, 6.07) is 39.8. The van der Waals surface area contributed by atoms with Crippen LogP contribution in [-0.2, 0) is 6.42 Å². The van der Waals surface area contributed by atoms with Crippen molar-refractivity contribution in [2.75, 3.05) is 0 Å². The Morgan fingerprint density at radius 1 is 0.773 bits per heavy atom. The molecule has 0 radical (unpaired) electrons. The standard InChI is InChI=1S/C43H43N/c1-4-5-19-40(31(2)3)43(41-20-13-12-18-37(41)27-32-14-8-6-9-15-32)38-24-22-33-21-23-35(28-39(33)29-38)36-25-26-44-42(30-36)34-16-10-7-11-17-34/h4,6-11,14-17,21-26,28-30,40,43H,1-2,5,12-13,18-20,27H2,3H3. The van der Waals surface area contributed by atoms with Crippen molar-refractivity contribution in [1.29, 1.82) is 0 Å². The second kappa shape index (κ2) is 13.9. The molecule has 1 heterocycles. The molecule has 0 amide bonds. The Morgan fingerprint density at radius 2 is 1.50 bits per heavy atom. The minimum Gasteiger partial charge on any atom is -0.256 e. The van der Waals surface area contributed by atoms with Gasteiger partial charge in [-0.15, -0.1) is 6.58 Å². The molecule has 0 aliphatic heterocycles. The summed E-state index contributed by atoms with van der Waals surface area (Å²) in [5.41, 5.74) is 11.9. The van der Waals surface area contributed by atoms with E-state index in [1.807, 2.05) is 12.3 Å². The number of pyridine rings is 1. The molecule has 4 aromatic carbocycles. The first kappa shape index (κ1) is 29.6. The highest BCUT2D eigenvalue weighted by Gasteiger charge is 2.30. The van der Waals surface area contributed by atoms with Gasteiger partial charge >= 0.3 is 0 Å². The first-order valence-electron chi connectivity index (χ1n) is 16.2. The Bertz CT molecular complexity index is 1780. The normalized spacial score (nSPS) is 14.8. The molecule has 1 aliphatic rings. The summed E-state index contributed by atoms with van der Waals surface area (Å²) in [6.45, 7) is 10.8. The molecule has 0 spiro atoms. The fourth-order valence-corrected chi connectivity index (χ4v) is 7.10. The topological polar surface area (TPSA) is 12.9 Å². The zero-order valence-corrected chi connectivity index (χ0v) is 26.0. The molecule has 1 nitrogen and oxygen atoms in total. The van der Waals surface area contributed by atoms with E-state index in [0.29, 0.717) is 11.8 Å². The van der Waals surface area contributed by atoms with Crippen LogP contribution >= 0.6 is 0 Å².